The SMILES string of the molecule is Cc1cc(C)cc(/C=C/C2NCC3CCCC32)c1. The first-order chi connectivity index (χ1) is 8.72. The van der Waals surface area contributed by atoms with Crippen molar-refractivity contribution in [1.82, 2.24) is 5.32 Å². The van der Waals surface area contributed by atoms with Crippen LogP contribution >= 0.6 is 0 Å². The Labute approximate surface area is 110 Å². The number of aryl methyl sites for hydroxylation is 2. The van der Waals surface area contributed by atoms with E-state index in [2.05, 4.69) is 49.5 Å². The van der Waals surface area contributed by atoms with Gasteiger partial charge in [0.05, 0.1) is 0 Å². The van der Waals surface area contributed by atoms with Crippen LogP contribution in [0.5, 0.6) is 0 Å². The molecule has 1 N–H and O–H groups in total. The number of hydrogen-bond acceptors (Lipinski definition) is 1. The van der Waals surface area contributed by atoms with Crippen LogP contribution in [-0.2, 0) is 0 Å². The van der Waals surface area contributed by atoms with Gasteiger partial charge in [-0.2, -0.15) is 0 Å². The maximum Gasteiger partial charge on any atom is 0.0284 e. The van der Waals surface area contributed by atoms with Crippen molar-refractivity contribution in [2.75, 3.05) is 6.54 Å². The molecule has 1 saturated carbocycles. The van der Waals surface area contributed by atoms with E-state index < -0.39 is 0 Å². The summed E-state index contributed by atoms with van der Waals surface area (Å²) in [4.78, 5) is 0. The minimum atomic E-state index is 0.610. The first-order valence-electron chi connectivity index (χ1n) is 7.22. The lowest BCUT2D eigenvalue weighted by Gasteiger charge is -2.13. The Kier molecular flexibility index (Phi) is 3.25. The highest BCUT2D eigenvalue weighted by molar-refractivity contribution is 5.52. The van der Waals surface area contributed by atoms with Crippen LogP contribution in [0.15, 0.2) is 24.3 Å². The lowest BCUT2D eigenvalue weighted by Crippen LogP contribution is -2.23. The molecule has 1 aromatic rings. The molecule has 0 spiro atoms. The standard InChI is InChI=1S/C17H23N/c1-12-8-13(2)10-14(9-12)6-7-17-16-5-3-4-15(16)11-18-17/h6-10,15-18H,3-5,11H2,1-2H3/b7-6+. The molecule has 1 aliphatic heterocycles. The molecular formula is C17H23N. The van der Waals surface area contributed by atoms with Crippen molar-refractivity contribution in [3.63, 3.8) is 0 Å². The maximum absolute atomic E-state index is 3.67. The molecule has 0 aromatic heterocycles. The van der Waals surface area contributed by atoms with Gasteiger partial charge in [-0.05, 0) is 50.6 Å². The normalized spacial score (nSPS) is 31.1. The number of hydrogen-bond donors (Lipinski definition) is 1. The topological polar surface area (TPSA) is 12.0 Å². The van der Waals surface area contributed by atoms with Gasteiger partial charge < -0.3 is 5.32 Å². The molecule has 3 atom stereocenters. The lowest BCUT2D eigenvalue weighted by molar-refractivity contribution is 0.456. The van der Waals surface area contributed by atoms with Gasteiger partial charge in [0.15, 0.2) is 0 Å². The summed E-state index contributed by atoms with van der Waals surface area (Å²) in [7, 11) is 0. The third kappa shape index (κ3) is 2.37. The zero-order valence-corrected chi connectivity index (χ0v) is 11.4. The van der Waals surface area contributed by atoms with Crippen molar-refractivity contribution in [1.29, 1.82) is 0 Å². The Balaban J connectivity index is 1.73. The number of benzene rings is 1. The molecule has 96 valence electrons. The Morgan fingerprint density at radius 3 is 2.67 bits per heavy atom. The fraction of sp³-hybridized carbons (Fsp3) is 0.529. The van der Waals surface area contributed by atoms with E-state index in [0.717, 1.165) is 11.8 Å². The summed E-state index contributed by atoms with van der Waals surface area (Å²) in [5.74, 6) is 1.84. The molecule has 1 aromatic carbocycles. The summed E-state index contributed by atoms with van der Waals surface area (Å²) in [5, 5.41) is 3.67. The van der Waals surface area contributed by atoms with Crippen molar-refractivity contribution >= 4 is 6.08 Å². The summed E-state index contributed by atoms with van der Waals surface area (Å²) in [6.07, 6.45) is 8.98. The van der Waals surface area contributed by atoms with Gasteiger partial charge in [0.1, 0.15) is 0 Å². The van der Waals surface area contributed by atoms with Gasteiger partial charge >= 0.3 is 0 Å². The maximum atomic E-state index is 3.67. The van der Waals surface area contributed by atoms with Gasteiger partial charge in [-0.15, -0.1) is 0 Å². The Hall–Kier alpha value is -1.08. The third-order valence-electron chi connectivity index (χ3n) is 4.53. The highest BCUT2D eigenvalue weighted by Crippen LogP contribution is 2.38. The van der Waals surface area contributed by atoms with Crippen molar-refractivity contribution < 1.29 is 0 Å². The summed E-state index contributed by atoms with van der Waals surface area (Å²) >= 11 is 0. The monoisotopic (exact) mass is 241 g/mol. The van der Waals surface area contributed by atoms with Gasteiger partial charge in [-0.3, -0.25) is 0 Å². The predicted molar refractivity (Wildman–Crippen MR) is 77.6 cm³/mol. The zero-order valence-electron chi connectivity index (χ0n) is 11.4. The minimum Gasteiger partial charge on any atom is -0.310 e. The van der Waals surface area contributed by atoms with Gasteiger partial charge in [0.25, 0.3) is 0 Å². The molecule has 1 aliphatic carbocycles. The summed E-state index contributed by atoms with van der Waals surface area (Å²) < 4.78 is 0. The van der Waals surface area contributed by atoms with E-state index in [1.54, 1.807) is 0 Å². The average molecular weight is 241 g/mol. The molecule has 2 aliphatic rings. The van der Waals surface area contributed by atoms with Crippen LogP contribution in [0.1, 0.15) is 36.0 Å². The largest absolute Gasteiger partial charge is 0.310 e. The molecule has 2 fully saturated rings. The predicted octanol–water partition coefficient (Wildman–Crippen LogP) is 3.70. The van der Waals surface area contributed by atoms with E-state index in [-0.39, 0.29) is 0 Å². The van der Waals surface area contributed by atoms with E-state index in [1.165, 1.54) is 42.5 Å². The van der Waals surface area contributed by atoms with Crippen LogP contribution in [0, 0.1) is 25.7 Å². The molecular weight excluding hydrogens is 218 g/mol. The van der Waals surface area contributed by atoms with E-state index in [4.69, 9.17) is 0 Å². The van der Waals surface area contributed by atoms with Crippen molar-refractivity contribution in [2.24, 2.45) is 11.8 Å². The molecule has 1 heteroatoms. The third-order valence-corrected chi connectivity index (χ3v) is 4.53. The van der Waals surface area contributed by atoms with Crippen LogP contribution in [0.2, 0.25) is 0 Å². The summed E-state index contributed by atoms with van der Waals surface area (Å²) in [6, 6.07) is 7.38. The van der Waals surface area contributed by atoms with E-state index >= 15 is 0 Å². The van der Waals surface area contributed by atoms with Crippen molar-refractivity contribution in [3.05, 3.63) is 41.0 Å². The van der Waals surface area contributed by atoms with Crippen molar-refractivity contribution in [3.8, 4) is 0 Å². The smallest absolute Gasteiger partial charge is 0.0284 e. The molecule has 0 amide bonds. The summed E-state index contributed by atoms with van der Waals surface area (Å²) in [6.45, 7) is 5.57. The fourth-order valence-corrected chi connectivity index (χ4v) is 3.76. The van der Waals surface area contributed by atoms with Crippen LogP contribution in [0.25, 0.3) is 6.08 Å². The zero-order chi connectivity index (χ0) is 12.5. The Morgan fingerprint density at radius 2 is 1.89 bits per heavy atom. The Bertz CT molecular complexity index is 440. The molecule has 1 heterocycles. The average Bonchev–Trinajstić information content (AvgIpc) is 2.87. The minimum absolute atomic E-state index is 0.610. The van der Waals surface area contributed by atoms with Crippen LogP contribution in [0.4, 0.5) is 0 Å². The Morgan fingerprint density at radius 1 is 1.11 bits per heavy atom. The van der Waals surface area contributed by atoms with Gasteiger partial charge in [0, 0.05) is 6.04 Å². The molecule has 1 nitrogen and oxygen atoms in total. The second-order valence-electron chi connectivity index (χ2n) is 6.07. The van der Waals surface area contributed by atoms with Crippen LogP contribution in [0.3, 0.4) is 0 Å². The van der Waals surface area contributed by atoms with Crippen LogP contribution in [-0.4, -0.2) is 12.6 Å². The lowest BCUT2D eigenvalue weighted by atomic mass is 9.93. The second kappa shape index (κ2) is 4.89. The molecule has 0 bridgehead atoms. The van der Waals surface area contributed by atoms with Crippen molar-refractivity contribution in [2.45, 2.75) is 39.2 Å². The molecule has 0 radical (unpaired) electrons. The molecule has 18 heavy (non-hydrogen) atoms. The number of fused-ring (bicyclic) bond motifs is 1. The molecule has 3 rings (SSSR count). The quantitative estimate of drug-likeness (QED) is 0.832. The number of rotatable bonds is 2. The summed E-state index contributed by atoms with van der Waals surface area (Å²) in [5.41, 5.74) is 4.05. The second-order valence-corrected chi connectivity index (χ2v) is 6.07. The van der Waals surface area contributed by atoms with E-state index in [0.29, 0.717) is 6.04 Å². The van der Waals surface area contributed by atoms with Gasteiger partial charge in [-0.1, -0.05) is 47.9 Å². The highest BCUT2D eigenvalue weighted by atomic mass is 15.0. The fourth-order valence-electron chi connectivity index (χ4n) is 3.76. The first-order valence-corrected chi connectivity index (χ1v) is 7.22. The van der Waals surface area contributed by atoms with Crippen LogP contribution < -0.4 is 5.32 Å². The van der Waals surface area contributed by atoms with E-state index in [1.807, 2.05) is 0 Å². The first kappa shape index (κ1) is 12.0. The number of nitrogens with one attached hydrogen (secondary N) is 1. The van der Waals surface area contributed by atoms with Gasteiger partial charge in [0.2, 0.25) is 0 Å². The molecule has 1 saturated heterocycles. The highest BCUT2D eigenvalue weighted by Gasteiger charge is 2.37. The van der Waals surface area contributed by atoms with Gasteiger partial charge in [-0.25, -0.2) is 0 Å². The molecule has 3 unspecified atom stereocenters. The van der Waals surface area contributed by atoms with E-state index in [9.17, 15) is 0 Å².